The molecule has 1 aliphatic rings. The second-order valence-corrected chi connectivity index (χ2v) is 8.38. The van der Waals surface area contributed by atoms with E-state index < -0.39 is 11.9 Å². The lowest BCUT2D eigenvalue weighted by atomic mass is 9.77. The molecule has 8 nitrogen and oxygen atoms in total. The highest BCUT2D eigenvalue weighted by Gasteiger charge is 2.24. The van der Waals surface area contributed by atoms with Crippen molar-refractivity contribution in [2.75, 3.05) is 10.6 Å². The summed E-state index contributed by atoms with van der Waals surface area (Å²) in [7, 11) is 0. The molecule has 0 atom stereocenters. The first-order valence-corrected chi connectivity index (χ1v) is 10.8. The Morgan fingerprint density at radius 1 is 1.03 bits per heavy atom. The number of nitrogens with zero attached hydrogens (tertiary/aromatic N) is 2. The minimum absolute atomic E-state index is 0.0891. The van der Waals surface area contributed by atoms with Gasteiger partial charge < -0.3 is 20.2 Å². The van der Waals surface area contributed by atoms with E-state index in [9.17, 15) is 9.59 Å². The van der Waals surface area contributed by atoms with Crippen molar-refractivity contribution in [3.8, 4) is 0 Å². The fraction of sp³-hybridized carbons (Fsp3) is 0.304. The number of carboxylic acid groups (broad SMARTS) is 1. The zero-order valence-corrected chi connectivity index (χ0v) is 18.0. The number of benzene rings is 2. The van der Waals surface area contributed by atoms with Gasteiger partial charge in [0.1, 0.15) is 0 Å². The summed E-state index contributed by atoms with van der Waals surface area (Å²) in [6.07, 6.45) is 4.07. The molecule has 1 heterocycles. The standard InChI is InChI=1S/C23H23ClN4O4/c24-17-2-1-3-19(13-17)26-23-28-27-22(32-23)21(31)25-18-10-8-16(9-11-18)15-6-4-14(5-7-15)12-20(29)30/h1-3,8-11,13-15H,4-7,12H2,(H,25,31)(H,26,28)(H,29,30)/t14-,15-. The van der Waals surface area contributed by atoms with Gasteiger partial charge in [-0.3, -0.25) is 9.59 Å². The van der Waals surface area contributed by atoms with E-state index in [1.807, 2.05) is 24.3 Å². The van der Waals surface area contributed by atoms with E-state index in [1.165, 1.54) is 5.56 Å². The van der Waals surface area contributed by atoms with Gasteiger partial charge in [0, 0.05) is 22.8 Å². The van der Waals surface area contributed by atoms with Crippen LogP contribution in [0.15, 0.2) is 52.9 Å². The van der Waals surface area contributed by atoms with Gasteiger partial charge in [0.25, 0.3) is 0 Å². The van der Waals surface area contributed by atoms with E-state index in [1.54, 1.807) is 24.3 Å². The van der Waals surface area contributed by atoms with Crippen LogP contribution in [0.3, 0.4) is 0 Å². The number of aliphatic carboxylic acids is 1. The van der Waals surface area contributed by atoms with Crippen molar-refractivity contribution in [1.82, 2.24) is 10.2 Å². The molecule has 166 valence electrons. The van der Waals surface area contributed by atoms with Crippen molar-refractivity contribution in [2.24, 2.45) is 5.92 Å². The predicted octanol–water partition coefficient (Wildman–Crippen LogP) is 5.47. The Balaban J connectivity index is 1.31. The lowest BCUT2D eigenvalue weighted by molar-refractivity contribution is -0.138. The largest absolute Gasteiger partial charge is 0.481 e. The number of hydrogen-bond donors (Lipinski definition) is 3. The summed E-state index contributed by atoms with van der Waals surface area (Å²) in [5, 5.41) is 22.8. The Kier molecular flexibility index (Phi) is 6.70. The number of rotatable bonds is 7. The number of carboxylic acids is 1. The number of nitrogens with one attached hydrogen (secondary N) is 2. The Hall–Kier alpha value is -3.39. The zero-order chi connectivity index (χ0) is 22.5. The molecule has 1 aromatic heterocycles. The van der Waals surface area contributed by atoms with Crippen LogP contribution < -0.4 is 10.6 Å². The second kappa shape index (κ2) is 9.82. The van der Waals surface area contributed by atoms with Gasteiger partial charge in [-0.15, -0.1) is 5.10 Å². The average molecular weight is 455 g/mol. The predicted molar refractivity (Wildman–Crippen MR) is 120 cm³/mol. The van der Waals surface area contributed by atoms with E-state index in [-0.39, 0.29) is 24.2 Å². The normalized spacial score (nSPS) is 18.2. The van der Waals surface area contributed by atoms with Gasteiger partial charge in [0.05, 0.1) is 0 Å². The molecule has 3 aromatic rings. The fourth-order valence-electron chi connectivity index (χ4n) is 4.03. The summed E-state index contributed by atoms with van der Waals surface area (Å²) in [5.41, 5.74) is 2.49. The average Bonchev–Trinajstić information content (AvgIpc) is 3.23. The van der Waals surface area contributed by atoms with E-state index in [2.05, 4.69) is 20.8 Å². The molecule has 0 spiro atoms. The third-order valence-corrected chi connectivity index (χ3v) is 5.88. The lowest BCUT2D eigenvalue weighted by Crippen LogP contribution is -2.16. The van der Waals surface area contributed by atoms with Gasteiger partial charge in [-0.1, -0.05) is 34.9 Å². The SMILES string of the molecule is O=C(O)C[C@H]1CC[C@H](c2ccc(NC(=O)c3nnc(Nc4cccc(Cl)c4)o3)cc2)CC1. The van der Waals surface area contributed by atoms with Gasteiger partial charge in [0.2, 0.25) is 0 Å². The summed E-state index contributed by atoms with van der Waals surface area (Å²) in [5.74, 6) is -0.688. The van der Waals surface area contributed by atoms with Crippen molar-refractivity contribution in [2.45, 2.75) is 38.0 Å². The maximum Gasteiger partial charge on any atom is 0.320 e. The molecule has 1 saturated carbocycles. The van der Waals surface area contributed by atoms with Crippen molar-refractivity contribution in [3.63, 3.8) is 0 Å². The van der Waals surface area contributed by atoms with Crippen LogP contribution in [-0.4, -0.2) is 27.2 Å². The van der Waals surface area contributed by atoms with Gasteiger partial charge >= 0.3 is 23.8 Å². The molecule has 0 aliphatic heterocycles. The summed E-state index contributed by atoms with van der Waals surface area (Å²) < 4.78 is 5.39. The quantitative estimate of drug-likeness (QED) is 0.433. The van der Waals surface area contributed by atoms with Crippen LogP contribution in [-0.2, 0) is 4.79 Å². The molecule has 4 rings (SSSR count). The summed E-state index contributed by atoms with van der Waals surface area (Å²) in [6.45, 7) is 0. The highest BCUT2D eigenvalue weighted by Crippen LogP contribution is 2.37. The number of hydrogen-bond acceptors (Lipinski definition) is 6. The van der Waals surface area contributed by atoms with Crippen LogP contribution in [0.2, 0.25) is 5.02 Å². The molecule has 2 aromatic carbocycles. The first kappa shape index (κ1) is 21.8. The molecule has 32 heavy (non-hydrogen) atoms. The molecule has 1 aliphatic carbocycles. The zero-order valence-electron chi connectivity index (χ0n) is 17.3. The summed E-state index contributed by atoms with van der Waals surface area (Å²) in [6, 6.07) is 14.8. The van der Waals surface area contributed by atoms with Crippen LogP contribution >= 0.6 is 11.6 Å². The molecule has 0 saturated heterocycles. The first-order valence-electron chi connectivity index (χ1n) is 10.5. The maximum atomic E-state index is 12.4. The van der Waals surface area contributed by atoms with E-state index in [0.29, 0.717) is 22.3 Å². The monoisotopic (exact) mass is 454 g/mol. The number of carbonyl (C=O) groups excluding carboxylic acids is 1. The minimum atomic E-state index is -0.720. The van der Waals surface area contributed by atoms with E-state index in [4.69, 9.17) is 21.1 Å². The highest BCUT2D eigenvalue weighted by atomic mass is 35.5. The summed E-state index contributed by atoms with van der Waals surface area (Å²) >= 11 is 5.95. The molecular formula is C23H23ClN4O4. The highest BCUT2D eigenvalue weighted by molar-refractivity contribution is 6.30. The number of amides is 1. The molecular weight excluding hydrogens is 432 g/mol. The van der Waals surface area contributed by atoms with E-state index >= 15 is 0 Å². The van der Waals surface area contributed by atoms with Crippen LogP contribution in [0.5, 0.6) is 0 Å². The third kappa shape index (κ3) is 5.64. The van der Waals surface area contributed by atoms with Gasteiger partial charge in [-0.25, -0.2) is 0 Å². The van der Waals surface area contributed by atoms with Crippen molar-refractivity contribution in [1.29, 1.82) is 0 Å². The number of aromatic nitrogens is 2. The molecule has 0 bridgehead atoms. The Morgan fingerprint density at radius 3 is 2.47 bits per heavy atom. The van der Waals surface area contributed by atoms with Crippen molar-refractivity contribution >= 4 is 40.9 Å². The first-order chi connectivity index (χ1) is 15.5. The minimum Gasteiger partial charge on any atom is -0.481 e. The topological polar surface area (TPSA) is 117 Å². The molecule has 3 N–H and O–H groups in total. The van der Waals surface area contributed by atoms with Crippen molar-refractivity contribution < 1.29 is 19.1 Å². The number of halogens is 1. The third-order valence-electron chi connectivity index (χ3n) is 5.65. The number of anilines is 3. The molecule has 9 heteroatoms. The molecule has 0 unspecified atom stereocenters. The van der Waals surface area contributed by atoms with Crippen LogP contribution in [0.1, 0.15) is 54.3 Å². The van der Waals surface area contributed by atoms with Gasteiger partial charge in [0.15, 0.2) is 0 Å². The fourth-order valence-corrected chi connectivity index (χ4v) is 4.22. The van der Waals surface area contributed by atoms with Crippen molar-refractivity contribution in [3.05, 3.63) is 65.0 Å². The molecule has 1 fully saturated rings. The molecule has 0 radical (unpaired) electrons. The Labute approximate surface area is 190 Å². The van der Waals surface area contributed by atoms with Crippen LogP contribution in [0.25, 0.3) is 0 Å². The van der Waals surface area contributed by atoms with E-state index in [0.717, 1.165) is 25.7 Å². The summed E-state index contributed by atoms with van der Waals surface area (Å²) in [4.78, 5) is 23.3. The van der Waals surface area contributed by atoms with Crippen LogP contribution in [0.4, 0.5) is 17.4 Å². The lowest BCUT2D eigenvalue weighted by Gasteiger charge is -2.28. The maximum absolute atomic E-state index is 12.4. The van der Waals surface area contributed by atoms with Gasteiger partial charge in [-0.05, 0) is 73.4 Å². The smallest absolute Gasteiger partial charge is 0.320 e. The Morgan fingerprint density at radius 2 is 1.78 bits per heavy atom. The number of carbonyl (C=O) groups is 2. The second-order valence-electron chi connectivity index (χ2n) is 7.94. The van der Waals surface area contributed by atoms with Gasteiger partial charge in [-0.2, -0.15) is 0 Å². The Bertz CT molecular complexity index is 1090. The van der Waals surface area contributed by atoms with Crippen LogP contribution in [0, 0.1) is 5.92 Å². The molecule has 1 amide bonds.